The number of nitrogens with one attached hydrogen (secondary N) is 2. The third-order valence-corrected chi connectivity index (χ3v) is 3.35. The van der Waals surface area contributed by atoms with Crippen LogP contribution in [0.25, 0.3) is 11.1 Å². The highest BCUT2D eigenvalue weighted by atomic mass is 16.6. The van der Waals surface area contributed by atoms with Crippen molar-refractivity contribution in [2.24, 2.45) is 0 Å². The van der Waals surface area contributed by atoms with E-state index in [0.29, 0.717) is 12.2 Å². The van der Waals surface area contributed by atoms with Crippen molar-refractivity contribution < 1.29 is 9.72 Å². The first-order valence-electron chi connectivity index (χ1n) is 7.50. The lowest BCUT2D eigenvalue weighted by atomic mass is 10.0. The van der Waals surface area contributed by atoms with Crippen LogP contribution >= 0.6 is 0 Å². The molecule has 2 aromatic carbocycles. The Bertz CT molecular complexity index is 684. The van der Waals surface area contributed by atoms with Crippen LogP contribution in [0.3, 0.4) is 0 Å². The fraction of sp³-hybridized carbons (Fsp3) is 0.235. The van der Waals surface area contributed by atoms with Crippen LogP contribution in [-0.2, 0) is 0 Å². The second kappa shape index (κ2) is 7.93. The maximum absolute atomic E-state index is 11.7. The van der Waals surface area contributed by atoms with Gasteiger partial charge in [0.2, 0.25) is 0 Å². The second-order valence-electron chi connectivity index (χ2n) is 5.12. The molecule has 0 aliphatic heterocycles. The predicted molar refractivity (Wildman–Crippen MR) is 90.5 cm³/mol. The number of amides is 2. The number of unbranched alkanes of at least 4 members (excludes halogenated alkanes) is 1. The molecule has 0 heterocycles. The minimum Gasteiger partial charge on any atom is -0.338 e. The Morgan fingerprint density at radius 2 is 1.87 bits per heavy atom. The van der Waals surface area contributed by atoms with E-state index in [0.717, 1.165) is 24.0 Å². The summed E-state index contributed by atoms with van der Waals surface area (Å²) in [6.07, 6.45) is 1.97. The van der Waals surface area contributed by atoms with Crippen LogP contribution in [0.15, 0.2) is 48.5 Å². The summed E-state index contributed by atoms with van der Waals surface area (Å²) in [4.78, 5) is 22.1. The molecule has 2 rings (SSSR count). The highest BCUT2D eigenvalue weighted by Crippen LogP contribution is 2.25. The lowest BCUT2D eigenvalue weighted by molar-refractivity contribution is -0.384. The van der Waals surface area contributed by atoms with E-state index in [9.17, 15) is 14.9 Å². The molecule has 0 spiro atoms. The molecule has 120 valence electrons. The van der Waals surface area contributed by atoms with Gasteiger partial charge in [0.1, 0.15) is 0 Å². The number of rotatable bonds is 6. The lowest BCUT2D eigenvalue weighted by Crippen LogP contribution is -2.29. The number of anilines is 1. The van der Waals surface area contributed by atoms with Gasteiger partial charge in [0.15, 0.2) is 0 Å². The Labute approximate surface area is 134 Å². The van der Waals surface area contributed by atoms with Crippen LogP contribution in [0.1, 0.15) is 19.8 Å². The van der Waals surface area contributed by atoms with Crippen LogP contribution in [0.4, 0.5) is 16.2 Å². The summed E-state index contributed by atoms with van der Waals surface area (Å²) < 4.78 is 0. The zero-order valence-corrected chi connectivity index (χ0v) is 12.9. The Hall–Kier alpha value is -2.89. The summed E-state index contributed by atoms with van der Waals surface area (Å²) in [7, 11) is 0. The molecule has 0 saturated heterocycles. The zero-order chi connectivity index (χ0) is 16.7. The molecule has 6 nitrogen and oxygen atoms in total. The highest BCUT2D eigenvalue weighted by molar-refractivity contribution is 5.89. The van der Waals surface area contributed by atoms with Crippen molar-refractivity contribution in [1.29, 1.82) is 0 Å². The van der Waals surface area contributed by atoms with Gasteiger partial charge in [0, 0.05) is 24.4 Å². The largest absolute Gasteiger partial charge is 0.338 e. The summed E-state index contributed by atoms with van der Waals surface area (Å²) in [6, 6.07) is 13.4. The fourth-order valence-corrected chi connectivity index (χ4v) is 2.10. The molecule has 23 heavy (non-hydrogen) atoms. The third-order valence-electron chi connectivity index (χ3n) is 3.35. The predicted octanol–water partition coefficient (Wildman–Crippen LogP) is 4.18. The summed E-state index contributed by atoms with van der Waals surface area (Å²) in [5.41, 5.74) is 2.34. The van der Waals surface area contributed by atoms with Crippen molar-refractivity contribution in [3.05, 3.63) is 58.6 Å². The maximum atomic E-state index is 11.7. The minimum atomic E-state index is -0.417. The molecular weight excluding hydrogens is 294 g/mol. The van der Waals surface area contributed by atoms with E-state index >= 15 is 0 Å². The number of nitro benzene ring substituents is 1. The number of hydrogen-bond donors (Lipinski definition) is 2. The zero-order valence-electron chi connectivity index (χ0n) is 12.9. The molecular formula is C17H19N3O3. The number of carbonyl (C=O) groups is 1. The third kappa shape index (κ3) is 4.81. The van der Waals surface area contributed by atoms with Gasteiger partial charge in [-0.05, 0) is 29.7 Å². The molecule has 0 aliphatic rings. The van der Waals surface area contributed by atoms with Crippen molar-refractivity contribution in [3.8, 4) is 11.1 Å². The van der Waals surface area contributed by atoms with Crippen molar-refractivity contribution >= 4 is 17.4 Å². The fourth-order valence-electron chi connectivity index (χ4n) is 2.10. The maximum Gasteiger partial charge on any atom is 0.319 e. The molecule has 0 aliphatic carbocycles. The Morgan fingerprint density at radius 3 is 2.52 bits per heavy atom. The molecule has 0 fully saturated rings. The summed E-state index contributed by atoms with van der Waals surface area (Å²) in [5, 5.41) is 16.3. The van der Waals surface area contributed by atoms with Gasteiger partial charge in [-0.2, -0.15) is 0 Å². The van der Waals surface area contributed by atoms with Gasteiger partial charge in [-0.15, -0.1) is 0 Å². The monoisotopic (exact) mass is 313 g/mol. The molecule has 0 aromatic heterocycles. The van der Waals surface area contributed by atoms with Crippen molar-refractivity contribution in [2.45, 2.75) is 19.8 Å². The SMILES string of the molecule is CCCCNC(=O)Nc1ccc(-c2cccc([N+](=O)[O-])c2)cc1. The first kappa shape index (κ1) is 16.5. The topological polar surface area (TPSA) is 84.3 Å². The molecule has 0 atom stereocenters. The summed E-state index contributed by atoms with van der Waals surface area (Å²) >= 11 is 0. The van der Waals surface area contributed by atoms with Gasteiger partial charge >= 0.3 is 6.03 Å². The Morgan fingerprint density at radius 1 is 1.13 bits per heavy atom. The van der Waals surface area contributed by atoms with E-state index < -0.39 is 4.92 Å². The van der Waals surface area contributed by atoms with Gasteiger partial charge in [0.05, 0.1) is 4.92 Å². The number of hydrogen-bond acceptors (Lipinski definition) is 3. The molecule has 6 heteroatoms. The number of non-ortho nitro benzene ring substituents is 1. The summed E-state index contributed by atoms with van der Waals surface area (Å²) in [5.74, 6) is 0. The number of carbonyl (C=O) groups excluding carboxylic acids is 1. The molecule has 0 unspecified atom stereocenters. The molecule has 0 saturated carbocycles. The van der Waals surface area contributed by atoms with Gasteiger partial charge < -0.3 is 10.6 Å². The highest BCUT2D eigenvalue weighted by Gasteiger charge is 2.07. The normalized spacial score (nSPS) is 10.1. The van der Waals surface area contributed by atoms with E-state index in [2.05, 4.69) is 17.6 Å². The number of benzene rings is 2. The summed E-state index contributed by atoms with van der Waals surface area (Å²) in [6.45, 7) is 2.71. The first-order chi connectivity index (χ1) is 11.1. The molecule has 0 radical (unpaired) electrons. The van der Waals surface area contributed by atoms with Gasteiger partial charge in [0.25, 0.3) is 5.69 Å². The van der Waals surface area contributed by atoms with Gasteiger partial charge in [-0.3, -0.25) is 10.1 Å². The smallest absolute Gasteiger partial charge is 0.319 e. The second-order valence-corrected chi connectivity index (χ2v) is 5.12. The average Bonchev–Trinajstić information content (AvgIpc) is 2.56. The van der Waals surface area contributed by atoms with E-state index in [4.69, 9.17) is 0 Å². The quantitative estimate of drug-likeness (QED) is 0.476. The molecule has 0 bridgehead atoms. The number of nitrogens with zero attached hydrogens (tertiary/aromatic N) is 1. The average molecular weight is 313 g/mol. The van der Waals surface area contributed by atoms with Crippen molar-refractivity contribution in [2.75, 3.05) is 11.9 Å². The minimum absolute atomic E-state index is 0.0556. The Kier molecular flexibility index (Phi) is 5.68. The van der Waals surface area contributed by atoms with Crippen molar-refractivity contribution in [1.82, 2.24) is 5.32 Å². The van der Waals surface area contributed by atoms with Crippen LogP contribution < -0.4 is 10.6 Å². The van der Waals surface area contributed by atoms with Gasteiger partial charge in [-0.25, -0.2) is 4.79 Å². The van der Waals surface area contributed by atoms with Gasteiger partial charge in [-0.1, -0.05) is 37.6 Å². The number of nitro groups is 1. The van der Waals surface area contributed by atoms with Crippen LogP contribution in [0.5, 0.6) is 0 Å². The van der Waals surface area contributed by atoms with Crippen molar-refractivity contribution in [3.63, 3.8) is 0 Å². The molecule has 2 N–H and O–H groups in total. The van der Waals surface area contributed by atoms with E-state index in [1.807, 2.05) is 18.2 Å². The molecule has 2 aromatic rings. The standard InChI is InChI=1S/C17H19N3O3/c1-2-3-11-18-17(21)19-15-9-7-13(8-10-15)14-5-4-6-16(12-14)20(22)23/h4-10,12H,2-3,11H2,1H3,(H2,18,19,21). The van der Waals surface area contributed by atoms with E-state index in [1.165, 1.54) is 12.1 Å². The van der Waals surface area contributed by atoms with Crippen LogP contribution in [0.2, 0.25) is 0 Å². The molecule has 2 amide bonds. The van der Waals surface area contributed by atoms with Crippen LogP contribution in [-0.4, -0.2) is 17.5 Å². The first-order valence-corrected chi connectivity index (χ1v) is 7.50. The lowest BCUT2D eigenvalue weighted by Gasteiger charge is -2.08. The Balaban J connectivity index is 2.03. The van der Waals surface area contributed by atoms with E-state index in [-0.39, 0.29) is 11.7 Å². The number of urea groups is 1. The van der Waals surface area contributed by atoms with E-state index in [1.54, 1.807) is 18.2 Å². The van der Waals surface area contributed by atoms with Crippen LogP contribution in [0, 0.1) is 10.1 Å².